The number of rotatable bonds is 6. The van der Waals surface area contributed by atoms with Crippen molar-refractivity contribution in [1.29, 1.82) is 0 Å². The third-order valence-corrected chi connectivity index (χ3v) is 11.9. The number of nitrogens with zero attached hydrogens (tertiary/aromatic N) is 8. The van der Waals surface area contributed by atoms with E-state index >= 15 is 0 Å². The molecule has 4 aromatic heterocycles. The maximum absolute atomic E-state index is 4.95. The number of benzene rings is 7. The molecule has 0 N–H and O–H groups in total. The normalized spacial score (nSPS) is 11.7. The van der Waals surface area contributed by atoms with Crippen molar-refractivity contribution in [1.82, 2.24) is 39.0 Å². The van der Waals surface area contributed by atoms with Crippen LogP contribution in [0, 0.1) is 41.5 Å². The molecule has 0 unspecified atom stereocenters. The van der Waals surface area contributed by atoms with Gasteiger partial charge in [-0.25, -0.2) is 29.9 Å². The van der Waals surface area contributed by atoms with E-state index in [0.717, 1.165) is 66.8 Å². The Hall–Kier alpha value is -7.84. The van der Waals surface area contributed by atoms with Gasteiger partial charge < -0.3 is 9.13 Å². The van der Waals surface area contributed by atoms with Crippen molar-refractivity contribution in [2.75, 3.05) is 0 Å². The van der Waals surface area contributed by atoms with Crippen LogP contribution in [0.2, 0.25) is 0 Å². The van der Waals surface area contributed by atoms with Crippen molar-refractivity contribution >= 4 is 43.6 Å². The molecule has 0 bridgehead atoms. The summed E-state index contributed by atoms with van der Waals surface area (Å²) < 4.78 is 4.74. The molecule has 298 valence electrons. The first kappa shape index (κ1) is 37.2. The van der Waals surface area contributed by atoms with Crippen LogP contribution in [0.4, 0.5) is 0 Å². The molecule has 0 saturated heterocycles. The highest BCUT2D eigenvalue weighted by molar-refractivity contribution is 6.11. The summed E-state index contributed by atoms with van der Waals surface area (Å²) >= 11 is 0. The fraction of sp³-hybridized carbons (Fsp3) is 0.111. The van der Waals surface area contributed by atoms with Gasteiger partial charge in [-0.15, -0.1) is 0 Å². The summed E-state index contributed by atoms with van der Waals surface area (Å²) in [7, 11) is 0. The average Bonchev–Trinajstić information content (AvgIpc) is 3.77. The van der Waals surface area contributed by atoms with Gasteiger partial charge in [-0.05, 0) is 131 Å². The van der Waals surface area contributed by atoms with Crippen LogP contribution < -0.4 is 0 Å². The second-order valence-corrected chi connectivity index (χ2v) is 16.3. The molecule has 7 aromatic carbocycles. The quantitative estimate of drug-likeness (QED) is 0.166. The zero-order chi connectivity index (χ0) is 42.2. The molecule has 0 fully saturated rings. The first-order chi connectivity index (χ1) is 30.2. The summed E-state index contributed by atoms with van der Waals surface area (Å²) in [4.78, 5) is 28.5. The monoisotopic (exact) mass is 802 g/mol. The Labute approximate surface area is 359 Å². The predicted octanol–water partition coefficient (Wildman–Crippen LogP) is 12.8. The molecule has 11 aromatic rings. The molecule has 0 aliphatic carbocycles. The SMILES string of the molecule is Cc1ccc2c(c1)c1ccccc1n2-c1ccc(-c2cccc(-c3cc(-c4nc(C)nc(C)n4)ccc3-n3c4ccccc4c4cc(C)ccc43)c2)c(-c2nc(C)nc(C)n2)c1. The van der Waals surface area contributed by atoms with Gasteiger partial charge in [-0.3, -0.25) is 0 Å². The van der Waals surface area contributed by atoms with Crippen LogP contribution in [0.25, 0.3) is 100 Å². The first-order valence-electron chi connectivity index (χ1n) is 21.0. The van der Waals surface area contributed by atoms with Crippen molar-refractivity contribution in [3.63, 3.8) is 0 Å². The standard InChI is InChI=1S/C54H42N8/c1-31-18-23-51-45(26-31)42-14-7-9-16-48(42)61(51)40-21-22-41(47(30-40)54-59-35(5)56-36(6)60-54)37-12-11-13-38(28-37)44-29-39(53-57-33(3)55-34(4)58-53)20-25-50(44)62-49-17-10-8-15-43(49)46-27-32(2)19-24-52(46)62/h7-30H,1-6H3. The van der Waals surface area contributed by atoms with Gasteiger partial charge in [-0.2, -0.15) is 0 Å². The molecule has 8 heteroatoms. The zero-order valence-electron chi connectivity index (χ0n) is 35.4. The molecule has 0 aliphatic heterocycles. The third kappa shape index (κ3) is 6.22. The summed E-state index contributed by atoms with van der Waals surface area (Å²) in [6, 6.07) is 52.7. The maximum Gasteiger partial charge on any atom is 0.164 e. The Morgan fingerprint density at radius 1 is 0.323 bits per heavy atom. The Morgan fingerprint density at radius 3 is 1.48 bits per heavy atom. The number of fused-ring (bicyclic) bond motifs is 6. The number of hydrogen-bond acceptors (Lipinski definition) is 6. The van der Waals surface area contributed by atoms with Crippen molar-refractivity contribution in [3.8, 4) is 56.4 Å². The zero-order valence-corrected chi connectivity index (χ0v) is 35.4. The Balaban J connectivity index is 1.15. The average molecular weight is 803 g/mol. The number of para-hydroxylation sites is 2. The van der Waals surface area contributed by atoms with Gasteiger partial charge in [-0.1, -0.05) is 83.9 Å². The van der Waals surface area contributed by atoms with E-state index in [9.17, 15) is 0 Å². The number of hydrogen-bond donors (Lipinski definition) is 0. The van der Waals surface area contributed by atoms with E-state index in [-0.39, 0.29) is 0 Å². The van der Waals surface area contributed by atoms with E-state index in [1.54, 1.807) is 0 Å². The lowest BCUT2D eigenvalue weighted by Gasteiger charge is -2.18. The second kappa shape index (κ2) is 14.4. The van der Waals surface area contributed by atoms with E-state index in [1.165, 1.54) is 32.7 Å². The van der Waals surface area contributed by atoms with Gasteiger partial charge in [0.2, 0.25) is 0 Å². The lowest BCUT2D eigenvalue weighted by Crippen LogP contribution is -2.02. The minimum Gasteiger partial charge on any atom is -0.309 e. The molecule has 4 heterocycles. The van der Waals surface area contributed by atoms with Gasteiger partial charge in [0, 0.05) is 43.9 Å². The second-order valence-electron chi connectivity index (χ2n) is 16.3. The lowest BCUT2D eigenvalue weighted by atomic mass is 9.93. The summed E-state index contributed by atoms with van der Waals surface area (Å²) in [5, 5.41) is 4.88. The lowest BCUT2D eigenvalue weighted by molar-refractivity contribution is 0.928. The first-order valence-corrected chi connectivity index (χ1v) is 21.0. The van der Waals surface area contributed by atoms with E-state index in [1.807, 2.05) is 27.7 Å². The maximum atomic E-state index is 4.95. The minimum atomic E-state index is 0.637. The molecule has 0 spiro atoms. The van der Waals surface area contributed by atoms with E-state index < -0.39 is 0 Å². The highest BCUT2D eigenvalue weighted by Crippen LogP contribution is 2.41. The van der Waals surface area contributed by atoms with Crippen LogP contribution in [0.1, 0.15) is 34.4 Å². The Morgan fingerprint density at radius 2 is 0.855 bits per heavy atom. The van der Waals surface area contributed by atoms with Crippen LogP contribution in [0.15, 0.2) is 146 Å². The molecular formula is C54H42N8. The third-order valence-electron chi connectivity index (χ3n) is 11.9. The van der Waals surface area contributed by atoms with Crippen LogP contribution in [0.3, 0.4) is 0 Å². The molecule has 62 heavy (non-hydrogen) atoms. The summed E-state index contributed by atoms with van der Waals surface area (Å²) in [6.07, 6.45) is 0. The summed E-state index contributed by atoms with van der Waals surface area (Å²) in [5.74, 6) is 4.02. The topological polar surface area (TPSA) is 87.2 Å². The van der Waals surface area contributed by atoms with Gasteiger partial charge in [0.1, 0.15) is 23.3 Å². The van der Waals surface area contributed by atoms with Crippen molar-refractivity contribution in [2.45, 2.75) is 41.5 Å². The molecule has 0 saturated carbocycles. The van der Waals surface area contributed by atoms with Gasteiger partial charge >= 0.3 is 0 Å². The fourth-order valence-corrected chi connectivity index (χ4v) is 9.26. The molecule has 0 radical (unpaired) electrons. The largest absolute Gasteiger partial charge is 0.309 e. The molecule has 0 aliphatic rings. The smallest absolute Gasteiger partial charge is 0.164 e. The van der Waals surface area contributed by atoms with Crippen LogP contribution in [-0.2, 0) is 0 Å². The van der Waals surface area contributed by atoms with Crippen molar-refractivity contribution < 1.29 is 0 Å². The van der Waals surface area contributed by atoms with Crippen LogP contribution in [-0.4, -0.2) is 39.0 Å². The number of aromatic nitrogens is 8. The van der Waals surface area contributed by atoms with Gasteiger partial charge in [0.25, 0.3) is 0 Å². The molecule has 0 amide bonds. The highest BCUT2D eigenvalue weighted by atomic mass is 15.0. The molecule has 8 nitrogen and oxygen atoms in total. The van der Waals surface area contributed by atoms with Crippen LogP contribution >= 0.6 is 0 Å². The summed E-state index contributed by atoms with van der Waals surface area (Å²) in [6.45, 7) is 12.0. The molecule has 11 rings (SSSR count). The van der Waals surface area contributed by atoms with E-state index in [0.29, 0.717) is 34.9 Å². The fourth-order valence-electron chi connectivity index (χ4n) is 9.26. The summed E-state index contributed by atoms with van der Waals surface area (Å²) in [5.41, 5.74) is 15.1. The Kier molecular flexibility index (Phi) is 8.65. The van der Waals surface area contributed by atoms with E-state index in [4.69, 9.17) is 19.9 Å². The van der Waals surface area contributed by atoms with Crippen molar-refractivity contribution in [3.05, 3.63) is 180 Å². The van der Waals surface area contributed by atoms with Gasteiger partial charge in [0.05, 0.1) is 27.8 Å². The van der Waals surface area contributed by atoms with Crippen molar-refractivity contribution in [2.24, 2.45) is 0 Å². The minimum absolute atomic E-state index is 0.637. The van der Waals surface area contributed by atoms with Gasteiger partial charge in [0.15, 0.2) is 11.6 Å². The predicted molar refractivity (Wildman–Crippen MR) is 252 cm³/mol. The Bertz CT molecular complexity index is 3570. The van der Waals surface area contributed by atoms with E-state index in [2.05, 4.69) is 179 Å². The molecular weight excluding hydrogens is 761 g/mol. The molecule has 0 atom stereocenters. The van der Waals surface area contributed by atoms with Crippen LogP contribution in [0.5, 0.6) is 0 Å². The number of aryl methyl sites for hydroxylation is 6. The highest BCUT2D eigenvalue weighted by Gasteiger charge is 2.21.